The van der Waals surface area contributed by atoms with Gasteiger partial charge in [0.2, 0.25) is 0 Å². The Hall–Kier alpha value is -0.980. The van der Waals surface area contributed by atoms with Crippen molar-refractivity contribution in [3.05, 3.63) is 28.8 Å². The fourth-order valence-corrected chi connectivity index (χ4v) is 1.49. The lowest BCUT2D eigenvalue weighted by Gasteiger charge is -2.14. The van der Waals surface area contributed by atoms with E-state index in [0.29, 0.717) is 12.0 Å². The number of aliphatic hydroxyl groups is 1. The van der Waals surface area contributed by atoms with Gasteiger partial charge in [-0.25, -0.2) is 0 Å². The fraction of sp³-hybridized carbons (Fsp3) is 0.400. The maximum atomic E-state index is 12.0. The Morgan fingerprint density at radius 1 is 1.41 bits per heavy atom. The summed E-state index contributed by atoms with van der Waals surface area (Å²) in [6, 6.07) is 3.30. The largest absolute Gasteiger partial charge is 0.573 e. The summed E-state index contributed by atoms with van der Waals surface area (Å²) < 4.78 is 39.6. The number of hydrogen-bond donors (Lipinski definition) is 2. The van der Waals surface area contributed by atoms with Crippen molar-refractivity contribution >= 4 is 11.6 Å². The quantitative estimate of drug-likeness (QED) is 0.883. The number of benzene rings is 1. The average Bonchev–Trinajstić information content (AvgIpc) is 2.19. The van der Waals surface area contributed by atoms with E-state index in [1.54, 1.807) is 0 Å². The summed E-state index contributed by atoms with van der Waals surface area (Å²) >= 11 is 5.64. The van der Waals surface area contributed by atoms with Crippen molar-refractivity contribution < 1.29 is 23.0 Å². The number of hydrogen-bond acceptors (Lipinski definition) is 3. The smallest absolute Gasteiger partial charge is 0.404 e. The highest BCUT2D eigenvalue weighted by molar-refractivity contribution is 6.32. The normalized spacial score (nSPS) is 13.5. The summed E-state index contributed by atoms with van der Waals surface area (Å²) in [4.78, 5) is 0. The number of aliphatic hydroxyl groups excluding tert-OH is 1. The Morgan fingerprint density at radius 2 is 2.06 bits per heavy atom. The molecule has 3 N–H and O–H groups in total. The number of ether oxygens (including phenoxy) is 1. The van der Waals surface area contributed by atoms with E-state index in [2.05, 4.69) is 4.74 Å². The van der Waals surface area contributed by atoms with Gasteiger partial charge in [-0.2, -0.15) is 0 Å². The third-order valence-corrected chi connectivity index (χ3v) is 2.35. The van der Waals surface area contributed by atoms with Crippen LogP contribution in [0.15, 0.2) is 18.2 Å². The van der Waals surface area contributed by atoms with Gasteiger partial charge in [-0.3, -0.25) is 0 Å². The molecule has 17 heavy (non-hydrogen) atoms. The summed E-state index contributed by atoms with van der Waals surface area (Å²) in [7, 11) is 0. The second-order valence-corrected chi connectivity index (χ2v) is 3.76. The Bertz CT molecular complexity index is 384. The standard InChI is InChI=1S/C10H11ClF3NO2/c11-7-5-6(8(15)3-4-16)1-2-9(7)17-10(12,13)14/h1-2,5,8,16H,3-4,15H2/t8-/m0/s1. The molecule has 0 amide bonds. The second-order valence-electron chi connectivity index (χ2n) is 3.36. The van der Waals surface area contributed by atoms with Crippen molar-refractivity contribution in [1.82, 2.24) is 0 Å². The molecular formula is C10H11ClF3NO2. The molecule has 0 heterocycles. The van der Waals surface area contributed by atoms with Crippen LogP contribution in [-0.4, -0.2) is 18.1 Å². The van der Waals surface area contributed by atoms with Crippen LogP contribution in [0.1, 0.15) is 18.0 Å². The summed E-state index contributed by atoms with van der Waals surface area (Å²) in [6.45, 7) is -0.112. The van der Waals surface area contributed by atoms with Crippen molar-refractivity contribution in [2.45, 2.75) is 18.8 Å². The molecule has 0 spiro atoms. The zero-order valence-corrected chi connectivity index (χ0v) is 9.42. The van der Waals surface area contributed by atoms with Crippen molar-refractivity contribution in [2.75, 3.05) is 6.61 Å². The van der Waals surface area contributed by atoms with Crippen LogP contribution >= 0.6 is 11.6 Å². The number of nitrogens with two attached hydrogens (primary N) is 1. The van der Waals surface area contributed by atoms with Gasteiger partial charge in [0, 0.05) is 12.6 Å². The highest BCUT2D eigenvalue weighted by Gasteiger charge is 2.32. The lowest BCUT2D eigenvalue weighted by atomic mass is 10.1. The second kappa shape index (κ2) is 5.57. The van der Waals surface area contributed by atoms with Crippen LogP contribution in [0.4, 0.5) is 13.2 Å². The number of rotatable bonds is 4. The molecule has 1 atom stereocenters. The molecule has 0 unspecified atom stereocenters. The Labute approximate surface area is 101 Å². The topological polar surface area (TPSA) is 55.5 Å². The van der Waals surface area contributed by atoms with E-state index in [1.165, 1.54) is 12.1 Å². The Morgan fingerprint density at radius 3 is 2.53 bits per heavy atom. The molecule has 0 fully saturated rings. The first-order chi connectivity index (χ1) is 7.83. The van der Waals surface area contributed by atoms with E-state index in [-0.39, 0.29) is 11.6 Å². The molecule has 3 nitrogen and oxygen atoms in total. The molecule has 1 rings (SSSR count). The monoisotopic (exact) mass is 269 g/mol. The van der Waals surface area contributed by atoms with E-state index in [9.17, 15) is 13.2 Å². The molecule has 7 heteroatoms. The molecule has 0 aliphatic rings. The summed E-state index contributed by atoms with van der Waals surface area (Å²) in [6.07, 6.45) is -4.48. The highest BCUT2D eigenvalue weighted by Crippen LogP contribution is 2.32. The first-order valence-electron chi connectivity index (χ1n) is 4.75. The van der Waals surface area contributed by atoms with E-state index in [1.807, 2.05) is 0 Å². The first-order valence-corrected chi connectivity index (χ1v) is 5.13. The maximum Gasteiger partial charge on any atom is 0.573 e. The molecule has 0 bridgehead atoms. The van der Waals surface area contributed by atoms with Gasteiger partial charge in [0.25, 0.3) is 0 Å². The predicted molar refractivity (Wildman–Crippen MR) is 56.8 cm³/mol. The molecule has 0 radical (unpaired) electrons. The highest BCUT2D eigenvalue weighted by atomic mass is 35.5. The van der Waals surface area contributed by atoms with E-state index in [0.717, 1.165) is 6.07 Å². The van der Waals surface area contributed by atoms with Crippen LogP contribution in [0.5, 0.6) is 5.75 Å². The minimum Gasteiger partial charge on any atom is -0.404 e. The van der Waals surface area contributed by atoms with Crippen LogP contribution in [0, 0.1) is 0 Å². The summed E-state index contributed by atoms with van der Waals surface area (Å²) in [5.41, 5.74) is 6.21. The van der Waals surface area contributed by atoms with E-state index in [4.69, 9.17) is 22.4 Å². The lowest BCUT2D eigenvalue weighted by Crippen LogP contribution is -2.17. The molecule has 0 aliphatic heterocycles. The summed E-state index contributed by atoms with van der Waals surface area (Å²) in [5, 5.41) is 8.52. The molecule has 96 valence electrons. The van der Waals surface area contributed by atoms with Gasteiger partial charge in [0.1, 0.15) is 5.75 Å². The molecule has 1 aromatic rings. The minimum atomic E-state index is -4.78. The van der Waals surface area contributed by atoms with E-state index < -0.39 is 18.2 Å². The molecule has 0 aromatic heterocycles. The van der Waals surface area contributed by atoms with Crippen molar-refractivity contribution in [3.8, 4) is 5.75 Å². The lowest BCUT2D eigenvalue weighted by molar-refractivity contribution is -0.274. The van der Waals surface area contributed by atoms with Gasteiger partial charge < -0.3 is 15.6 Å². The van der Waals surface area contributed by atoms with Crippen LogP contribution in [0.25, 0.3) is 0 Å². The molecule has 0 aliphatic carbocycles. The van der Waals surface area contributed by atoms with Gasteiger partial charge in [-0.05, 0) is 24.1 Å². The molecule has 0 saturated heterocycles. The van der Waals surface area contributed by atoms with Gasteiger partial charge in [-0.1, -0.05) is 17.7 Å². The zero-order chi connectivity index (χ0) is 13.1. The Kier molecular flexibility index (Phi) is 4.62. The van der Waals surface area contributed by atoms with Gasteiger partial charge >= 0.3 is 6.36 Å². The van der Waals surface area contributed by atoms with Crippen molar-refractivity contribution in [3.63, 3.8) is 0 Å². The average molecular weight is 270 g/mol. The SMILES string of the molecule is N[C@@H](CCO)c1ccc(OC(F)(F)F)c(Cl)c1. The van der Waals surface area contributed by atoms with Gasteiger partial charge in [-0.15, -0.1) is 13.2 Å². The predicted octanol–water partition coefficient (Wildman–Crippen LogP) is 2.62. The third kappa shape index (κ3) is 4.41. The Balaban J connectivity index is 2.86. The molecule has 1 aromatic carbocycles. The van der Waals surface area contributed by atoms with Crippen LogP contribution in [0.3, 0.4) is 0 Å². The first kappa shape index (κ1) is 14.1. The van der Waals surface area contributed by atoms with Crippen LogP contribution < -0.4 is 10.5 Å². The van der Waals surface area contributed by atoms with E-state index >= 15 is 0 Å². The van der Waals surface area contributed by atoms with Crippen molar-refractivity contribution in [1.29, 1.82) is 0 Å². The zero-order valence-electron chi connectivity index (χ0n) is 8.67. The molecule has 0 saturated carbocycles. The summed E-state index contributed by atoms with van der Waals surface area (Å²) in [5.74, 6) is -0.473. The van der Waals surface area contributed by atoms with Crippen molar-refractivity contribution in [2.24, 2.45) is 5.73 Å². The molecular weight excluding hydrogens is 259 g/mol. The van der Waals surface area contributed by atoms with Crippen LogP contribution in [-0.2, 0) is 0 Å². The van der Waals surface area contributed by atoms with Gasteiger partial charge in [0.15, 0.2) is 0 Å². The number of alkyl halides is 3. The van der Waals surface area contributed by atoms with Gasteiger partial charge in [0.05, 0.1) is 5.02 Å². The third-order valence-electron chi connectivity index (χ3n) is 2.05. The maximum absolute atomic E-state index is 12.0. The number of halogens is 4. The van der Waals surface area contributed by atoms with Crippen LogP contribution in [0.2, 0.25) is 5.02 Å². The fourth-order valence-electron chi connectivity index (χ4n) is 1.26. The minimum absolute atomic E-state index is 0.112.